The Morgan fingerprint density at radius 2 is 1.79 bits per heavy atom. The van der Waals surface area contributed by atoms with Crippen molar-refractivity contribution in [2.75, 3.05) is 0 Å². The van der Waals surface area contributed by atoms with Gasteiger partial charge in [-0.15, -0.1) is 10.2 Å². The van der Waals surface area contributed by atoms with Gasteiger partial charge in [0.2, 0.25) is 0 Å². The molecular weight excluding hydrogens is 395 g/mol. The molecule has 0 unspecified atom stereocenters. The largest absolute Gasteiger partial charge is 0.249 e. The van der Waals surface area contributed by atoms with E-state index in [0.717, 1.165) is 22.4 Å². The predicted molar refractivity (Wildman–Crippen MR) is 111 cm³/mol. The first-order valence-corrected chi connectivity index (χ1v) is 9.34. The van der Waals surface area contributed by atoms with Gasteiger partial charge in [0.05, 0.1) is 24.0 Å². The number of aromatic nitrogens is 5. The van der Waals surface area contributed by atoms with Gasteiger partial charge in [0, 0.05) is 10.6 Å². The summed E-state index contributed by atoms with van der Waals surface area (Å²) in [5.41, 5.74) is 3.53. The lowest BCUT2D eigenvalue weighted by Crippen LogP contribution is -2.02. The molecule has 4 aromatic rings. The zero-order valence-corrected chi connectivity index (χ0v) is 16.5. The minimum Gasteiger partial charge on any atom is -0.249 e. The van der Waals surface area contributed by atoms with Crippen LogP contribution in [0.5, 0.6) is 0 Å². The molecule has 28 heavy (non-hydrogen) atoms. The van der Waals surface area contributed by atoms with Crippen LogP contribution < -0.4 is 0 Å². The maximum Gasteiger partial charge on any atom is 0.184 e. The Morgan fingerprint density at radius 3 is 2.54 bits per heavy atom. The van der Waals surface area contributed by atoms with Crippen molar-refractivity contribution in [2.24, 2.45) is 5.10 Å². The maximum atomic E-state index is 6.55. The molecule has 0 aliphatic heterocycles. The van der Waals surface area contributed by atoms with Crippen LogP contribution in [-0.2, 0) is 6.54 Å². The van der Waals surface area contributed by atoms with E-state index in [1.807, 2.05) is 61.5 Å². The predicted octanol–water partition coefficient (Wildman–Crippen LogP) is 4.69. The Hall–Kier alpha value is -2.96. The van der Waals surface area contributed by atoms with Crippen molar-refractivity contribution >= 4 is 29.4 Å². The van der Waals surface area contributed by atoms with E-state index in [-0.39, 0.29) is 0 Å². The topological polar surface area (TPSA) is 60.9 Å². The third kappa shape index (κ3) is 3.83. The van der Waals surface area contributed by atoms with Gasteiger partial charge < -0.3 is 0 Å². The highest BCUT2D eigenvalue weighted by Crippen LogP contribution is 2.21. The number of nitrogens with zero attached hydrogens (tertiary/aromatic N) is 6. The average Bonchev–Trinajstić information content (AvgIpc) is 3.28. The smallest absolute Gasteiger partial charge is 0.184 e. The van der Waals surface area contributed by atoms with Gasteiger partial charge >= 0.3 is 0 Å². The molecule has 4 rings (SSSR count). The van der Waals surface area contributed by atoms with Crippen molar-refractivity contribution in [3.05, 3.63) is 87.9 Å². The molecule has 0 N–H and O–H groups in total. The Bertz CT molecular complexity index is 1110. The van der Waals surface area contributed by atoms with Crippen molar-refractivity contribution in [3.8, 4) is 11.4 Å². The zero-order chi connectivity index (χ0) is 19.5. The number of benzene rings is 2. The van der Waals surface area contributed by atoms with Gasteiger partial charge in [0.1, 0.15) is 11.5 Å². The van der Waals surface area contributed by atoms with E-state index in [1.54, 1.807) is 21.9 Å². The summed E-state index contributed by atoms with van der Waals surface area (Å²) in [5.74, 6) is 0.652. The van der Waals surface area contributed by atoms with Crippen LogP contribution in [0.15, 0.2) is 66.0 Å². The third-order valence-corrected chi connectivity index (χ3v) is 4.88. The molecule has 0 fully saturated rings. The number of rotatable bonds is 5. The lowest BCUT2D eigenvalue weighted by Gasteiger charge is -2.04. The van der Waals surface area contributed by atoms with Gasteiger partial charge in [0.15, 0.2) is 5.82 Å². The molecule has 2 aromatic carbocycles. The van der Waals surface area contributed by atoms with E-state index >= 15 is 0 Å². The SMILES string of the molecule is Cc1nn(Cc2ccc(Cl)cc2)c(Cl)c1/C=N\n1cnnc1-c1ccccc1. The van der Waals surface area contributed by atoms with E-state index in [1.165, 1.54) is 0 Å². The first-order chi connectivity index (χ1) is 13.6. The van der Waals surface area contributed by atoms with E-state index in [2.05, 4.69) is 20.4 Å². The summed E-state index contributed by atoms with van der Waals surface area (Å²) in [4.78, 5) is 0. The molecular formula is C20H16Cl2N6. The van der Waals surface area contributed by atoms with Gasteiger partial charge in [-0.25, -0.2) is 4.68 Å². The summed E-state index contributed by atoms with van der Waals surface area (Å²) in [5, 5.41) is 18.3. The number of hydrogen-bond donors (Lipinski definition) is 0. The summed E-state index contributed by atoms with van der Waals surface area (Å²) in [6.07, 6.45) is 3.24. The molecule has 0 radical (unpaired) electrons. The van der Waals surface area contributed by atoms with Crippen LogP contribution in [0.25, 0.3) is 11.4 Å². The molecule has 0 bridgehead atoms. The second-order valence-corrected chi connectivity index (χ2v) is 6.98. The molecule has 2 aromatic heterocycles. The lowest BCUT2D eigenvalue weighted by atomic mass is 10.2. The number of halogens is 2. The fraction of sp³-hybridized carbons (Fsp3) is 0.100. The zero-order valence-electron chi connectivity index (χ0n) is 15.0. The summed E-state index contributed by atoms with van der Waals surface area (Å²) in [7, 11) is 0. The van der Waals surface area contributed by atoms with E-state index in [0.29, 0.717) is 22.5 Å². The van der Waals surface area contributed by atoms with Gasteiger partial charge in [-0.05, 0) is 24.6 Å². The van der Waals surface area contributed by atoms with Crippen LogP contribution in [0.4, 0.5) is 0 Å². The molecule has 140 valence electrons. The van der Waals surface area contributed by atoms with Crippen LogP contribution in [0.3, 0.4) is 0 Å². The summed E-state index contributed by atoms with van der Waals surface area (Å²) in [6.45, 7) is 2.45. The van der Waals surface area contributed by atoms with Crippen molar-refractivity contribution in [1.82, 2.24) is 24.7 Å². The van der Waals surface area contributed by atoms with E-state index in [9.17, 15) is 0 Å². The normalized spacial score (nSPS) is 11.4. The van der Waals surface area contributed by atoms with Gasteiger partial charge in [-0.1, -0.05) is 65.7 Å². The minimum absolute atomic E-state index is 0.519. The van der Waals surface area contributed by atoms with Crippen molar-refractivity contribution in [3.63, 3.8) is 0 Å². The Balaban J connectivity index is 1.60. The molecule has 0 saturated heterocycles. The molecule has 2 heterocycles. The van der Waals surface area contributed by atoms with Crippen LogP contribution in [0, 0.1) is 6.92 Å². The fourth-order valence-corrected chi connectivity index (χ4v) is 3.20. The standard InChI is InChI=1S/C20H16Cl2N6/c1-14-18(19(22)27(26-14)12-15-7-9-17(21)10-8-15)11-24-28-13-23-25-20(28)16-5-3-2-4-6-16/h2-11,13H,12H2,1H3/b24-11-. The summed E-state index contributed by atoms with van der Waals surface area (Å²) < 4.78 is 3.35. The molecule has 0 amide bonds. The minimum atomic E-state index is 0.519. The maximum absolute atomic E-state index is 6.55. The highest BCUT2D eigenvalue weighted by atomic mass is 35.5. The third-order valence-electron chi connectivity index (χ3n) is 4.23. The van der Waals surface area contributed by atoms with Gasteiger partial charge in [0.25, 0.3) is 0 Å². The van der Waals surface area contributed by atoms with Crippen molar-refractivity contribution in [2.45, 2.75) is 13.5 Å². The number of hydrogen-bond acceptors (Lipinski definition) is 4. The van der Waals surface area contributed by atoms with Gasteiger partial charge in [-0.3, -0.25) is 0 Å². The molecule has 0 spiro atoms. The summed E-state index contributed by atoms with van der Waals surface area (Å²) >= 11 is 12.5. The molecule has 8 heteroatoms. The molecule has 0 aliphatic rings. The Labute approximate surface area is 172 Å². The highest BCUT2D eigenvalue weighted by molar-refractivity contribution is 6.32. The van der Waals surface area contributed by atoms with E-state index in [4.69, 9.17) is 23.2 Å². The van der Waals surface area contributed by atoms with E-state index < -0.39 is 0 Å². The van der Waals surface area contributed by atoms with Crippen LogP contribution in [0.2, 0.25) is 10.2 Å². The first-order valence-electron chi connectivity index (χ1n) is 8.59. The van der Waals surface area contributed by atoms with Crippen LogP contribution in [-0.4, -0.2) is 30.9 Å². The average molecular weight is 411 g/mol. The summed E-state index contributed by atoms with van der Waals surface area (Å²) in [6, 6.07) is 17.4. The highest BCUT2D eigenvalue weighted by Gasteiger charge is 2.13. The quantitative estimate of drug-likeness (QED) is 0.448. The molecule has 0 saturated carbocycles. The van der Waals surface area contributed by atoms with Crippen molar-refractivity contribution < 1.29 is 0 Å². The number of aryl methyl sites for hydroxylation is 1. The lowest BCUT2D eigenvalue weighted by molar-refractivity contribution is 0.680. The monoisotopic (exact) mass is 410 g/mol. The Kier molecular flexibility index (Phi) is 5.23. The second-order valence-electron chi connectivity index (χ2n) is 6.18. The first kappa shape index (κ1) is 18.4. The molecule has 0 aliphatic carbocycles. The fourth-order valence-electron chi connectivity index (χ4n) is 2.79. The van der Waals surface area contributed by atoms with Gasteiger partial charge in [-0.2, -0.15) is 14.9 Å². The molecule has 0 atom stereocenters. The van der Waals surface area contributed by atoms with Crippen LogP contribution in [0.1, 0.15) is 16.8 Å². The molecule has 6 nitrogen and oxygen atoms in total. The van der Waals surface area contributed by atoms with Crippen LogP contribution >= 0.6 is 23.2 Å². The second kappa shape index (κ2) is 7.96. The van der Waals surface area contributed by atoms with Crippen molar-refractivity contribution in [1.29, 1.82) is 0 Å². The Morgan fingerprint density at radius 1 is 1.04 bits per heavy atom.